The number of nitrogens with one attached hydrogen (secondary N) is 1. The van der Waals surface area contributed by atoms with Gasteiger partial charge in [0.25, 0.3) is 0 Å². The van der Waals surface area contributed by atoms with Gasteiger partial charge < -0.3 is 5.32 Å². The van der Waals surface area contributed by atoms with Gasteiger partial charge in [0.2, 0.25) is 0 Å². The molecule has 0 amide bonds. The van der Waals surface area contributed by atoms with Crippen molar-refractivity contribution >= 4 is 11.8 Å². The van der Waals surface area contributed by atoms with Gasteiger partial charge in [-0.05, 0) is 24.9 Å². The summed E-state index contributed by atoms with van der Waals surface area (Å²) in [4.78, 5) is 8.69. The normalized spacial score (nSPS) is 13.7. The second kappa shape index (κ2) is 6.36. The van der Waals surface area contributed by atoms with Crippen molar-refractivity contribution in [3.63, 3.8) is 0 Å². The highest BCUT2D eigenvalue weighted by atomic mass is 32.2. The van der Waals surface area contributed by atoms with Crippen molar-refractivity contribution in [2.45, 2.75) is 45.8 Å². The average Bonchev–Trinajstić information content (AvgIpc) is 2.22. The fourth-order valence-electron chi connectivity index (χ4n) is 1.51. The van der Waals surface area contributed by atoms with E-state index < -0.39 is 0 Å². The summed E-state index contributed by atoms with van der Waals surface area (Å²) in [5.74, 6) is 1.00. The first-order valence-corrected chi connectivity index (χ1v) is 7.08. The van der Waals surface area contributed by atoms with Crippen molar-refractivity contribution in [1.29, 1.82) is 0 Å². The van der Waals surface area contributed by atoms with Crippen LogP contribution in [0.5, 0.6) is 0 Å². The smallest absolute Gasteiger partial charge is 0.187 e. The molecular weight excluding hydrogens is 230 g/mol. The van der Waals surface area contributed by atoms with Gasteiger partial charge in [0.05, 0.1) is 0 Å². The van der Waals surface area contributed by atoms with Crippen molar-refractivity contribution in [2.75, 3.05) is 12.3 Å². The molecule has 0 aliphatic heterocycles. The van der Waals surface area contributed by atoms with E-state index in [0.717, 1.165) is 23.1 Å². The molecule has 1 unspecified atom stereocenters. The zero-order valence-corrected chi connectivity index (χ0v) is 12.3. The Morgan fingerprint density at radius 3 is 2.65 bits per heavy atom. The quantitative estimate of drug-likeness (QED) is 0.647. The maximum absolute atomic E-state index is 4.41. The molecule has 1 aromatic rings. The number of rotatable bonds is 5. The summed E-state index contributed by atoms with van der Waals surface area (Å²) in [6, 6.07) is 2.40. The lowest BCUT2D eigenvalue weighted by Crippen LogP contribution is -2.42. The lowest BCUT2D eigenvalue weighted by Gasteiger charge is -2.30. The van der Waals surface area contributed by atoms with Crippen LogP contribution in [0, 0.1) is 12.3 Å². The summed E-state index contributed by atoms with van der Waals surface area (Å²) in [6.07, 6.45) is 1.82. The maximum atomic E-state index is 4.41. The Kier molecular flexibility index (Phi) is 5.40. The molecule has 0 fully saturated rings. The van der Waals surface area contributed by atoms with E-state index in [1.807, 2.05) is 19.2 Å². The van der Waals surface area contributed by atoms with Gasteiger partial charge in [0.15, 0.2) is 5.16 Å². The monoisotopic (exact) mass is 253 g/mol. The van der Waals surface area contributed by atoms with Crippen molar-refractivity contribution < 1.29 is 0 Å². The Hall–Kier alpha value is -0.610. The second-order valence-corrected chi connectivity index (χ2v) is 6.26. The Morgan fingerprint density at radius 2 is 2.12 bits per heavy atom. The zero-order valence-electron chi connectivity index (χ0n) is 11.4. The fourth-order valence-corrected chi connectivity index (χ4v) is 2.79. The molecule has 0 saturated heterocycles. The first-order chi connectivity index (χ1) is 7.93. The molecule has 1 atom stereocenters. The molecule has 1 aromatic heterocycles. The fraction of sp³-hybridized carbons (Fsp3) is 0.692. The SMILES string of the molecule is CCNC(CSc1nccc(C)n1)C(C)(C)C. The molecule has 17 heavy (non-hydrogen) atoms. The predicted molar refractivity (Wildman–Crippen MR) is 74.4 cm³/mol. The van der Waals surface area contributed by atoms with E-state index in [1.165, 1.54) is 0 Å². The van der Waals surface area contributed by atoms with E-state index in [2.05, 4.69) is 43.0 Å². The minimum absolute atomic E-state index is 0.257. The van der Waals surface area contributed by atoms with Crippen LogP contribution in [0.25, 0.3) is 0 Å². The molecule has 0 radical (unpaired) electrons. The highest BCUT2D eigenvalue weighted by molar-refractivity contribution is 7.99. The van der Waals surface area contributed by atoms with Gasteiger partial charge in [-0.3, -0.25) is 0 Å². The highest BCUT2D eigenvalue weighted by Gasteiger charge is 2.23. The summed E-state index contributed by atoms with van der Waals surface area (Å²) in [5.41, 5.74) is 1.28. The van der Waals surface area contributed by atoms with Crippen molar-refractivity contribution in [3.8, 4) is 0 Å². The van der Waals surface area contributed by atoms with E-state index in [-0.39, 0.29) is 5.41 Å². The molecule has 3 nitrogen and oxygen atoms in total. The first kappa shape index (κ1) is 14.5. The van der Waals surface area contributed by atoms with E-state index in [9.17, 15) is 0 Å². The van der Waals surface area contributed by atoms with Crippen LogP contribution in [0.1, 0.15) is 33.4 Å². The van der Waals surface area contributed by atoms with Gasteiger partial charge in [0, 0.05) is 23.7 Å². The topological polar surface area (TPSA) is 37.8 Å². The van der Waals surface area contributed by atoms with E-state index in [0.29, 0.717) is 6.04 Å². The van der Waals surface area contributed by atoms with Crippen molar-refractivity contribution in [1.82, 2.24) is 15.3 Å². The lowest BCUT2D eigenvalue weighted by molar-refractivity contribution is 0.295. The first-order valence-electron chi connectivity index (χ1n) is 6.09. The van der Waals surface area contributed by atoms with E-state index in [4.69, 9.17) is 0 Å². The van der Waals surface area contributed by atoms with Crippen LogP contribution in [-0.2, 0) is 0 Å². The minimum atomic E-state index is 0.257. The highest BCUT2D eigenvalue weighted by Crippen LogP contribution is 2.24. The minimum Gasteiger partial charge on any atom is -0.313 e. The summed E-state index contributed by atoms with van der Waals surface area (Å²) in [7, 11) is 0. The Balaban J connectivity index is 2.58. The second-order valence-electron chi connectivity index (χ2n) is 5.27. The molecular formula is C13H23N3S. The van der Waals surface area contributed by atoms with Gasteiger partial charge >= 0.3 is 0 Å². The van der Waals surface area contributed by atoms with Gasteiger partial charge in [-0.25, -0.2) is 9.97 Å². The number of aromatic nitrogens is 2. The number of hydrogen-bond acceptors (Lipinski definition) is 4. The number of thioether (sulfide) groups is 1. The molecule has 0 saturated carbocycles. The summed E-state index contributed by atoms with van der Waals surface area (Å²) < 4.78 is 0. The Morgan fingerprint density at radius 1 is 1.41 bits per heavy atom. The molecule has 1 N–H and O–H groups in total. The summed E-state index contributed by atoms with van der Waals surface area (Å²) in [5, 5.41) is 4.40. The molecule has 96 valence electrons. The molecule has 4 heteroatoms. The van der Waals surface area contributed by atoms with E-state index in [1.54, 1.807) is 11.8 Å². The van der Waals surface area contributed by atoms with Crippen LogP contribution < -0.4 is 5.32 Å². The van der Waals surface area contributed by atoms with Crippen LogP contribution in [0.2, 0.25) is 0 Å². The third-order valence-corrected chi connectivity index (χ3v) is 3.60. The lowest BCUT2D eigenvalue weighted by atomic mass is 9.88. The summed E-state index contributed by atoms with van der Waals surface area (Å²) >= 11 is 1.72. The number of aryl methyl sites for hydroxylation is 1. The van der Waals surface area contributed by atoms with Crippen LogP contribution >= 0.6 is 11.8 Å². The molecule has 1 rings (SSSR count). The zero-order chi connectivity index (χ0) is 12.9. The third kappa shape index (κ3) is 5.04. The van der Waals surface area contributed by atoms with Crippen molar-refractivity contribution in [2.24, 2.45) is 5.41 Å². The molecule has 0 bridgehead atoms. The largest absolute Gasteiger partial charge is 0.313 e. The molecule has 0 aliphatic rings. The third-order valence-electron chi connectivity index (χ3n) is 2.65. The van der Waals surface area contributed by atoms with Crippen LogP contribution in [-0.4, -0.2) is 28.3 Å². The Labute approximate surface area is 109 Å². The molecule has 0 aromatic carbocycles. The van der Waals surface area contributed by atoms with Gasteiger partial charge in [-0.1, -0.05) is 39.5 Å². The van der Waals surface area contributed by atoms with Crippen molar-refractivity contribution in [3.05, 3.63) is 18.0 Å². The molecule has 0 aliphatic carbocycles. The number of nitrogens with zero attached hydrogens (tertiary/aromatic N) is 2. The predicted octanol–water partition coefficient (Wildman–Crippen LogP) is 2.90. The van der Waals surface area contributed by atoms with Gasteiger partial charge in [-0.15, -0.1) is 0 Å². The molecule has 0 spiro atoms. The Bertz CT molecular complexity index is 347. The van der Waals surface area contributed by atoms with Crippen LogP contribution in [0.15, 0.2) is 17.4 Å². The standard InChI is InChI=1S/C13H23N3S/c1-6-14-11(13(3,4)5)9-17-12-15-8-7-10(2)16-12/h7-8,11,14H,6,9H2,1-5H3. The number of hydrogen-bond donors (Lipinski definition) is 1. The van der Waals surface area contributed by atoms with Gasteiger partial charge in [-0.2, -0.15) is 0 Å². The van der Waals surface area contributed by atoms with Crippen LogP contribution in [0.4, 0.5) is 0 Å². The van der Waals surface area contributed by atoms with Crippen LogP contribution in [0.3, 0.4) is 0 Å². The van der Waals surface area contributed by atoms with E-state index >= 15 is 0 Å². The molecule has 1 heterocycles. The summed E-state index contributed by atoms with van der Waals surface area (Å²) in [6.45, 7) is 11.9. The average molecular weight is 253 g/mol. The maximum Gasteiger partial charge on any atom is 0.187 e. The van der Waals surface area contributed by atoms with Gasteiger partial charge in [0.1, 0.15) is 0 Å².